The lowest BCUT2D eigenvalue weighted by atomic mass is 9.82. The minimum absolute atomic E-state index is 0.0312. The summed E-state index contributed by atoms with van der Waals surface area (Å²) >= 11 is 0. The monoisotopic (exact) mass is 278 g/mol. The van der Waals surface area contributed by atoms with E-state index >= 15 is 0 Å². The third-order valence-electron chi connectivity index (χ3n) is 3.59. The van der Waals surface area contributed by atoms with Crippen LogP contribution in [0.1, 0.15) is 27.7 Å². The van der Waals surface area contributed by atoms with Crippen LogP contribution < -0.4 is 15.4 Å². The molecule has 0 saturated carbocycles. The summed E-state index contributed by atoms with van der Waals surface area (Å²) in [6.07, 6.45) is 0. The van der Waals surface area contributed by atoms with Crippen LogP contribution in [0.3, 0.4) is 0 Å². The first kappa shape index (κ1) is 16.5. The molecule has 1 unspecified atom stereocenters. The van der Waals surface area contributed by atoms with Gasteiger partial charge in [0.1, 0.15) is 5.75 Å². The van der Waals surface area contributed by atoms with Crippen LogP contribution in [-0.4, -0.2) is 26.1 Å². The Morgan fingerprint density at radius 2 is 1.85 bits per heavy atom. The van der Waals surface area contributed by atoms with Gasteiger partial charge in [0.2, 0.25) is 5.91 Å². The summed E-state index contributed by atoms with van der Waals surface area (Å²) in [6.45, 7) is 9.96. The summed E-state index contributed by atoms with van der Waals surface area (Å²) in [5.74, 6) is 1.26. The van der Waals surface area contributed by atoms with Crippen molar-refractivity contribution in [3.63, 3.8) is 0 Å². The third-order valence-corrected chi connectivity index (χ3v) is 3.59. The quantitative estimate of drug-likeness (QED) is 0.841. The van der Waals surface area contributed by atoms with Crippen molar-refractivity contribution in [2.45, 2.75) is 27.7 Å². The molecule has 0 spiro atoms. The van der Waals surface area contributed by atoms with Gasteiger partial charge in [0.05, 0.1) is 13.7 Å². The smallest absolute Gasteiger partial charge is 0.238 e. The average molecular weight is 278 g/mol. The maximum absolute atomic E-state index is 11.8. The fraction of sp³-hybridized carbons (Fsp3) is 0.562. The first-order valence-electron chi connectivity index (χ1n) is 6.97. The lowest BCUT2D eigenvalue weighted by Gasteiger charge is -2.27. The van der Waals surface area contributed by atoms with Gasteiger partial charge in [0, 0.05) is 5.69 Å². The highest BCUT2D eigenvalue weighted by Crippen LogP contribution is 2.24. The van der Waals surface area contributed by atoms with Crippen LogP contribution in [0, 0.1) is 11.3 Å². The van der Waals surface area contributed by atoms with Crippen molar-refractivity contribution in [1.82, 2.24) is 5.32 Å². The highest BCUT2D eigenvalue weighted by molar-refractivity contribution is 5.92. The van der Waals surface area contributed by atoms with Crippen molar-refractivity contribution in [2.75, 3.05) is 25.5 Å². The van der Waals surface area contributed by atoms with Gasteiger partial charge in [-0.25, -0.2) is 0 Å². The van der Waals surface area contributed by atoms with Crippen molar-refractivity contribution in [3.8, 4) is 5.75 Å². The molecule has 1 aromatic rings. The lowest BCUT2D eigenvalue weighted by molar-refractivity contribution is -0.115. The van der Waals surface area contributed by atoms with E-state index in [1.54, 1.807) is 7.11 Å². The van der Waals surface area contributed by atoms with Gasteiger partial charge in [-0.1, -0.05) is 27.7 Å². The number of amides is 1. The molecule has 0 bridgehead atoms. The molecule has 20 heavy (non-hydrogen) atoms. The number of anilines is 1. The van der Waals surface area contributed by atoms with E-state index in [1.807, 2.05) is 24.3 Å². The van der Waals surface area contributed by atoms with E-state index in [-0.39, 0.29) is 11.3 Å². The molecule has 0 radical (unpaired) electrons. The topological polar surface area (TPSA) is 50.4 Å². The molecule has 0 fully saturated rings. The summed E-state index contributed by atoms with van der Waals surface area (Å²) in [7, 11) is 1.62. The zero-order chi connectivity index (χ0) is 15.2. The van der Waals surface area contributed by atoms with Gasteiger partial charge in [-0.2, -0.15) is 0 Å². The number of rotatable bonds is 6. The van der Waals surface area contributed by atoms with Crippen LogP contribution >= 0.6 is 0 Å². The Hall–Kier alpha value is -1.55. The van der Waals surface area contributed by atoms with Gasteiger partial charge in [0.25, 0.3) is 0 Å². The average Bonchev–Trinajstić information content (AvgIpc) is 2.38. The zero-order valence-corrected chi connectivity index (χ0v) is 13.1. The Kier molecular flexibility index (Phi) is 6.02. The van der Waals surface area contributed by atoms with Crippen LogP contribution in [0.2, 0.25) is 0 Å². The molecule has 0 aliphatic carbocycles. The number of hydrogen-bond acceptors (Lipinski definition) is 3. The van der Waals surface area contributed by atoms with E-state index in [2.05, 4.69) is 38.3 Å². The molecule has 0 heterocycles. The summed E-state index contributed by atoms with van der Waals surface area (Å²) in [5, 5.41) is 6.05. The van der Waals surface area contributed by atoms with Crippen LogP contribution in [0.4, 0.5) is 5.69 Å². The van der Waals surface area contributed by atoms with Crippen molar-refractivity contribution < 1.29 is 9.53 Å². The molecule has 4 nitrogen and oxygen atoms in total. The highest BCUT2D eigenvalue weighted by Gasteiger charge is 2.19. The molecule has 0 saturated heterocycles. The Labute approximate surface area is 121 Å². The van der Waals surface area contributed by atoms with Crippen LogP contribution in [-0.2, 0) is 4.79 Å². The van der Waals surface area contributed by atoms with Crippen molar-refractivity contribution in [1.29, 1.82) is 0 Å². The molecular formula is C16H26N2O2. The number of carbonyl (C=O) groups excluding carboxylic acids is 1. The van der Waals surface area contributed by atoms with Crippen molar-refractivity contribution >= 4 is 11.6 Å². The third kappa shape index (κ3) is 5.61. The number of carbonyl (C=O) groups is 1. The van der Waals surface area contributed by atoms with Crippen molar-refractivity contribution in [2.24, 2.45) is 11.3 Å². The molecule has 0 aliphatic rings. The summed E-state index contributed by atoms with van der Waals surface area (Å²) < 4.78 is 5.07. The molecular weight excluding hydrogens is 252 g/mol. The Balaban J connectivity index is 2.33. The molecule has 1 amide bonds. The lowest BCUT2D eigenvalue weighted by Crippen LogP contribution is -2.34. The Morgan fingerprint density at radius 1 is 1.25 bits per heavy atom. The Morgan fingerprint density at radius 3 is 2.35 bits per heavy atom. The first-order valence-corrected chi connectivity index (χ1v) is 6.97. The minimum Gasteiger partial charge on any atom is -0.497 e. The molecule has 1 aromatic carbocycles. The van der Waals surface area contributed by atoms with E-state index in [0.717, 1.165) is 18.0 Å². The molecule has 2 N–H and O–H groups in total. The van der Waals surface area contributed by atoms with Crippen LogP contribution in [0.25, 0.3) is 0 Å². The van der Waals surface area contributed by atoms with Gasteiger partial charge in [0.15, 0.2) is 0 Å². The fourth-order valence-corrected chi connectivity index (χ4v) is 1.59. The number of hydrogen-bond donors (Lipinski definition) is 2. The molecule has 4 heteroatoms. The number of nitrogens with one attached hydrogen (secondary N) is 2. The summed E-state index contributed by atoms with van der Waals surface area (Å²) in [6, 6.07) is 7.30. The molecule has 0 aromatic heterocycles. The number of methoxy groups -OCH3 is 1. The second-order valence-corrected chi connectivity index (χ2v) is 6.17. The van der Waals surface area contributed by atoms with Crippen LogP contribution in [0.15, 0.2) is 24.3 Å². The van der Waals surface area contributed by atoms with Gasteiger partial charge in [-0.3, -0.25) is 4.79 Å². The van der Waals surface area contributed by atoms with E-state index in [4.69, 9.17) is 4.74 Å². The summed E-state index contributed by atoms with van der Waals surface area (Å²) in [4.78, 5) is 11.8. The maximum Gasteiger partial charge on any atom is 0.238 e. The van der Waals surface area contributed by atoms with Gasteiger partial charge in [-0.05, 0) is 42.1 Å². The molecule has 1 atom stereocenters. The number of ether oxygens (including phenoxy) is 1. The van der Waals surface area contributed by atoms with Crippen LogP contribution in [0.5, 0.6) is 5.75 Å². The predicted molar refractivity (Wildman–Crippen MR) is 83.1 cm³/mol. The normalized spacial score (nSPS) is 12.8. The first-order chi connectivity index (χ1) is 9.32. The second kappa shape index (κ2) is 7.29. The van der Waals surface area contributed by atoms with Crippen molar-refractivity contribution in [3.05, 3.63) is 24.3 Å². The van der Waals surface area contributed by atoms with Gasteiger partial charge < -0.3 is 15.4 Å². The molecule has 112 valence electrons. The predicted octanol–water partition coefficient (Wildman–Crippen LogP) is 2.91. The largest absolute Gasteiger partial charge is 0.497 e. The van der Waals surface area contributed by atoms with E-state index in [1.165, 1.54) is 0 Å². The van der Waals surface area contributed by atoms with Gasteiger partial charge >= 0.3 is 0 Å². The zero-order valence-electron chi connectivity index (χ0n) is 13.1. The molecule has 0 aliphatic heterocycles. The second-order valence-electron chi connectivity index (χ2n) is 6.17. The fourth-order valence-electron chi connectivity index (χ4n) is 1.59. The minimum atomic E-state index is -0.0312. The molecule has 1 rings (SSSR count). The number of benzene rings is 1. The maximum atomic E-state index is 11.8. The van der Waals surface area contributed by atoms with E-state index < -0.39 is 0 Å². The van der Waals surface area contributed by atoms with Gasteiger partial charge in [-0.15, -0.1) is 0 Å². The van der Waals surface area contributed by atoms with E-state index in [9.17, 15) is 4.79 Å². The van der Waals surface area contributed by atoms with E-state index in [0.29, 0.717) is 12.5 Å². The summed E-state index contributed by atoms with van der Waals surface area (Å²) in [5.41, 5.74) is 1.03. The highest BCUT2D eigenvalue weighted by atomic mass is 16.5. The Bertz CT molecular complexity index is 421. The SMILES string of the molecule is COc1ccc(NC(=O)CNCC(C)C(C)(C)C)cc1. The standard InChI is InChI=1S/C16H26N2O2/c1-12(16(2,3)4)10-17-11-15(19)18-13-6-8-14(20-5)9-7-13/h6-9,12,17H,10-11H2,1-5H3,(H,18,19).